The molecule has 2 aliphatic rings. The molecule has 212 valence electrons. The lowest BCUT2D eigenvalue weighted by Crippen LogP contribution is -2.35. The first-order valence-electron chi connectivity index (χ1n) is 15.7. The smallest absolute Gasteiger partial charge is 0.178 e. The second-order valence-corrected chi connectivity index (χ2v) is 12.2. The molecule has 1 aromatic heterocycles. The van der Waals surface area contributed by atoms with Crippen molar-refractivity contribution in [2.45, 2.75) is 37.7 Å². The van der Waals surface area contributed by atoms with Crippen molar-refractivity contribution in [2.75, 3.05) is 0 Å². The molecule has 2 heterocycles. The maximum atomic E-state index is 7.53. The van der Waals surface area contributed by atoms with Crippen LogP contribution in [0.5, 0.6) is 5.75 Å². The van der Waals surface area contributed by atoms with Crippen molar-refractivity contribution in [1.29, 1.82) is 0 Å². The highest BCUT2D eigenvalue weighted by Crippen LogP contribution is 2.60. The Bertz CT molecular complexity index is 2280. The van der Waals surface area contributed by atoms with Crippen LogP contribution in [0.4, 0.5) is 0 Å². The monoisotopic (exact) mass is 568 g/mol. The van der Waals surface area contributed by atoms with E-state index in [1.54, 1.807) is 0 Å². The van der Waals surface area contributed by atoms with Gasteiger partial charge in [0.25, 0.3) is 0 Å². The molecule has 2 heteroatoms. The van der Waals surface area contributed by atoms with Crippen molar-refractivity contribution in [1.82, 2.24) is 0 Å². The molecule has 0 fully saturated rings. The number of rotatable bonds is 4. The van der Waals surface area contributed by atoms with E-state index < -0.39 is 5.60 Å². The first kappa shape index (κ1) is 25.4. The van der Waals surface area contributed by atoms with E-state index in [-0.39, 0.29) is 5.41 Å². The number of furan rings is 1. The fourth-order valence-electron chi connectivity index (χ4n) is 8.23. The summed E-state index contributed by atoms with van der Waals surface area (Å²) in [6.07, 6.45) is 6.71. The molecule has 1 unspecified atom stereocenters. The molecule has 0 N–H and O–H groups in total. The minimum Gasteiger partial charge on any atom is -0.472 e. The number of para-hydroxylation sites is 1. The fraction of sp³-hybridized carbons (Fsp3) is 0.143. The number of hydrogen-bond acceptors (Lipinski definition) is 2. The van der Waals surface area contributed by atoms with E-state index in [1.807, 2.05) is 12.1 Å². The molecule has 2 nitrogen and oxygen atoms in total. The van der Waals surface area contributed by atoms with Gasteiger partial charge >= 0.3 is 0 Å². The molecule has 0 amide bonds. The number of fused-ring (bicyclic) bond motifs is 11. The summed E-state index contributed by atoms with van der Waals surface area (Å²) in [6.45, 7) is 4.67. The zero-order valence-corrected chi connectivity index (χ0v) is 24.9. The fourth-order valence-corrected chi connectivity index (χ4v) is 8.23. The molecule has 1 aliphatic heterocycles. The van der Waals surface area contributed by atoms with Crippen LogP contribution < -0.4 is 4.74 Å². The van der Waals surface area contributed by atoms with E-state index in [1.165, 1.54) is 33.2 Å². The van der Waals surface area contributed by atoms with Crippen LogP contribution in [-0.4, -0.2) is 0 Å². The Morgan fingerprint density at radius 1 is 0.591 bits per heavy atom. The molecular formula is C42H32O2. The van der Waals surface area contributed by atoms with Gasteiger partial charge in [0.05, 0.1) is 0 Å². The predicted octanol–water partition coefficient (Wildman–Crippen LogP) is 11.2. The summed E-state index contributed by atoms with van der Waals surface area (Å²) < 4.78 is 13.7. The Labute approximate surface area is 257 Å². The second kappa shape index (κ2) is 9.21. The highest BCUT2D eigenvalue weighted by atomic mass is 16.5. The third-order valence-corrected chi connectivity index (χ3v) is 10.4. The third kappa shape index (κ3) is 3.20. The van der Waals surface area contributed by atoms with Crippen LogP contribution in [0.3, 0.4) is 0 Å². The minimum absolute atomic E-state index is 0.0743. The van der Waals surface area contributed by atoms with Crippen molar-refractivity contribution < 1.29 is 9.15 Å². The summed E-state index contributed by atoms with van der Waals surface area (Å²) in [6, 6.07) is 43.3. The summed E-state index contributed by atoms with van der Waals surface area (Å²) in [7, 11) is 0. The molecule has 0 bridgehead atoms. The molecule has 0 radical (unpaired) electrons. The maximum absolute atomic E-state index is 7.53. The van der Waals surface area contributed by atoms with Crippen molar-refractivity contribution in [2.24, 2.45) is 0 Å². The van der Waals surface area contributed by atoms with Gasteiger partial charge in [-0.25, -0.2) is 0 Å². The lowest BCUT2D eigenvalue weighted by Gasteiger charge is -2.39. The minimum atomic E-state index is -0.815. The van der Waals surface area contributed by atoms with Gasteiger partial charge in [-0.15, -0.1) is 0 Å². The van der Waals surface area contributed by atoms with Gasteiger partial charge in [0.2, 0.25) is 0 Å². The van der Waals surface area contributed by atoms with Gasteiger partial charge in [-0.3, -0.25) is 0 Å². The van der Waals surface area contributed by atoms with Gasteiger partial charge < -0.3 is 9.15 Å². The van der Waals surface area contributed by atoms with E-state index in [4.69, 9.17) is 9.15 Å². The van der Waals surface area contributed by atoms with Crippen LogP contribution in [0, 0.1) is 0 Å². The average Bonchev–Trinajstić information content (AvgIpc) is 3.62. The summed E-state index contributed by atoms with van der Waals surface area (Å²) in [5, 5.41) is 4.62. The van der Waals surface area contributed by atoms with Crippen LogP contribution in [0.25, 0.3) is 49.9 Å². The SMILES string of the molecule is CCC1(CC)c2ccccc2-c2c1c1c(c3ccccc23)OC(c2ccccc2)(c2ccc3oc4ccccc4c3c2)C=C1. The maximum Gasteiger partial charge on any atom is 0.178 e. The summed E-state index contributed by atoms with van der Waals surface area (Å²) in [5.41, 5.74) is 9.84. The molecule has 0 saturated carbocycles. The van der Waals surface area contributed by atoms with Crippen LogP contribution in [0.1, 0.15) is 54.5 Å². The largest absolute Gasteiger partial charge is 0.472 e. The zero-order chi connectivity index (χ0) is 29.5. The average molecular weight is 569 g/mol. The zero-order valence-electron chi connectivity index (χ0n) is 24.9. The quantitative estimate of drug-likeness (QED) is 0.211. The van der Waals surface area contributed by atoms with E-state index in [0.29, 0.717) is 0 Å². The molecule has 6 aromatic carbocycles. The van der Waals surface area contributed by atoms with E-state index in [9.17, 15) is 0 Å². The number of ether oxygens (including phenoxy) is 1. The molecule has 0 spiro atoms. The van der Waals surface area contributed by atoms with Crippen molar-refractivity contribution in [3.63, 3.8) is 0 Å². The standard InChI is InChI=1S/C42H32O2/c1-3-41(4-2)35-20-12-10-19-32(35)38-30-17-8-9-18-31(30)40-33(39(38)41)24-25-42(44-40,27-14-6-5-7-15-27)28-22-23-37-34(26-28)29-16-11-13-21-36(29)43-37/h5-26H,3-4H2,1-2H3. The van der Waals surface area contributed by atoms with Gasteiger partial charge in [0.15, 0.2) is 5.60 Å². The summed E-state index contributed by atoms with van der Waals surface area (Å²) in [5.74, 6) is 0.960. The molecule has 9 rings (SSSR count). The lowest BCUT2D eigenvalue weighted by molar-refractivity contribution is 0.163. The predicted molar refractivity (Wildman–Crippen MR) is 181 cm³/mol. The van der Waals surface area contributed by atoms with Gasteiger partial charge in [-0.2, -0.15) is 0 Å². The molecule has 1 atom stereocenters. The Balaban J connectivity index is 1.36. The van der Waals surface area contributed by atoms with Gasteiger partial charge in [-0.1, -0.05) is 123 Å². The first-order valence-corrected chi connectivity index (χ1v) is 15.7. The Morgan fingerprint density at radius 3 is 2.09 bits per heavy atom. The Hall–Kier alpha value is -5.08. The van der Waals surface area contributed by atoms with E-state index in [0.717, 1.165) is 57.0 Å². The summed E-state index contributed by atoms with van der Waals surface area (Å²) in [4.78, 5) is 0. The Morgan fingerprint density at radius 2 is 1.27 bits per heavy atom. The third-order valence-electron chi connectivity index (χ3n) is 10.4. The molecule has 1 aliphatic carbocycles. The number of hydrogen-bond donors (Lipinski definition) is 0. The van der Waals surface area contributed by atoms with Gasteiger partial charge in [-0.05, 0) is 64.8 Å². The topological polar surface area (TPSA) is 22.4 Å². The molecular weight excluding hydrogens is 536 g/mol. The van der Waals surface area contributed by atoms with Gasteiger partial charge in [0, 0.05) is 38.3 Å². The highest BCUT2D eigenvalue weighted by Gasteiger charge is 2.46. The van der Waals surface area contributed by atoms with Crippen molar-refractivity contribution in [3.05, 3.63) is 155 Å². The van der Waals surface area contributed by atoms with Crippen LogP contribution in [0.15, 0.2) is 132 Å². The van der Waals surface area contributed by atoms with Crippen molar-refractivity contribution in [3.8, 4) is 16.9 Å². The lowest BCUT2D eigenvalue weighted by atomic mass is 9.71. The van der Waals surface area contributed by atoms with Crippen LogP contribution >= 0.6 is 0 Å². The van der Waals surface area contributed by atoms with E-state index in [2.05, 4.69) is 135 Å². The Kier molecular flexibility index (Phi) is 5.32. The van der Waals surface area contributed by atoms with Crippen LogP contribution in [0.2, 0.25) is 0 Å². The second-order valence-electron chi connectivity index (χ2n) is 12.2. The van der Waals surface area contributed by atoms with E-state index >= 15 is 0 Å². The normalized spacial score (nSPS) is 17.9. The van der Waals surface area contributed by atoms with Crippen molar-refractivity contribution >= 4 is 38.8 Å². The molecule has 0 saturated heterocycles. The molecule has 7 aromatic rings. The highest BCUT2D eigenvalue weighted by molar-refractivity contribution is 6.09. The van der Waals surface area contributed by atoms with Crippen LogP contribution in [-0.2, 0) is 11.0 Å². The molecule has 44 heavy (non-hydrogen) atoms. The summed E-state index contributed by atoms with van der Waals surface area (Å²) >= 11 is 0. The first-order chi connectivity index (χ1) is 21.7. The number of benzene rings is 6. The van der Waals surface area contributed by atoms with Gasteiger partial charge in [0.1, 0.15) is 16.9 Å².